The predicted octanol–water partition coefficient (Wildman–Crippen LogP) is 3.39. The number of aromatic hydroxyl groups is 1. The molecule has 0 heterocycles. The van der Waals surface area contributed by atoms with Crippen LogP contribution < -0.4 is 4.74 Å². The molecular formula is C15H17NO3. The zero-order valence-electron chi connectivity index (χ0n) is 11.2. The number of phenolic OH excluding ortho intramolecular Hbond substituents is 1. The monoisotopic (exact) mass is 259 g/mol. The van der Waals surface area contributed by atoms with E-state index in [1.807, 2.05) is 38.1 Å². The Kier molecular flexibility index (Phi) is 3.60. The second kappa shape index (κ2) is 5.18. The van der Waals surface area contributed by atoms with Crippen molar-refractivity contribution in [1.82, 2.24) is 0 Å². The fourth-order valence-electron chi connectivity index (χ4n) is 2.17. The van der Waals surface area contributed by atoms with E-state index in [1.165, 1.54) is 0 Å². The third kappa shape index (κ3) is 2.21. The van der Waals surface area contributed by atoms with Crippen LogP contribution in [0.1, 0.15) is 19.4 Å². The van der Waals surface area contributed by atoms with Gasteiger partial charge in [0, 0.05) is 16.3 Å². The van der Waals surface area contributed by atoms with Gasteiger partial charge in [0.05, 0.1) is 12.8 Å². The second-order valence-electron chi connectivity index (χ2n) is 4.66. The van der Waals surface area contributed by atoms with Crippen LogP contribution in [-0.2, 0) is 0 Å². The van der Waals surface area contributed by atoms with Crippen molar-refractivity contribution in [3.05, 3.63) is 35.9 Å². The van der Waals surface area contributed by atoms with E-state index in [-0.39, 0.29) is 11.7 Å². The van der Waals surface area contributed by atoms with Gasteiger partial charge in [0.25, 0.3) is 0 Å². The minimum absolute atomic E-state index is 0.0123. The van der Waals surface area contributed by atoms with Crippen LogP contribution in [0.4, 0.5) is 0 Å². The summed E-state index contributed by atoms with van der Waals surface area (Å²) in [6, 6.07) is 9.12. The molecule has 4 heteroatoms. The van der Waals surface area contributed by atoms with Crippen LogP contribution in [-0.4, -0.2) is 23.1 Å². The SMILES string of the molecule is COc1cc(C(=NO)C(C)C)c(O)c2ccccc12. The molecule has 100 valence electrons. The molecule has 2 aromatic carbocycles. The van der Waals surface area contributed by atoms with Gasteiger partial charge in [-0.3, -0.25) is 0 Å². The molecule has 0 unspecified atom stereocenters. The van der Waals surface area contributed by atoms with Crippen molar-refractivity contribution in [3.63, 3.8) is 0 Å². The minimum atomic E-state index is -0.0123. The Morgan fingerprint density at radius 1 is 1.21 bits per heavy atom. The summed E-state index contributed by atoms with van der Waals surface area (Å²) in [6.45, 7) is 3.80. The average molecular weight is 259 g/mol. The first kappa shape index (κ1) is 13.2. The van der Waals surface area contributed by atoms with Crippen LogP contribution in [0.2, 0.25) is 0 Å². The molecule has 0 atom stereocenters. The van der Waals surface area contributed by atoms with Gasteiger partial charge >= 0.3 is 0 Å². The molecule has 0 radical (unpaired) electrons. The van der Waals surface area contributed by atoms with E-state index in [4.69, 9.17) is 9.94 Å². The normalized spacial score (nSPS) is 12.1. The molecule has 0 aliphatic heterocycles. The first-order valence-corrected chi connectivity index (χ1v) is 6.11. The van der Waals surface area contributed by atoms with Gasteiger partial charge in [-0.2, -0.15) is 0 Å². The molecule has 0 aliphatic rings. The maximum absolute atomic E-state index is 10.4. The molecule has 0 saturated heterocycles. The molecule has 0 amide bonds. The van der Waals surface area contributed by atoms with Gasteiger partial charge in [-0.15, -0.1) is 0 Å². The molecule has 0 aliphatic carbocycles. The van der Waals surface area contributed by atoms with Crippen molar-refractivity contribution in [2.24, 2.45) is 11.1 Å². The highest BCUT2D eigenvalue weighted by Crippen LogP contribution is 2.36. The molecule has 0 saturated carbocycles. The van der Waals surface area contributed by atoms with Crippen LogP contribution in [0.15, 0.2) is 35.5 Å². The highest BCUT2D eigenvalue weighted by atomic mass is 16.5. The number of hydrogen-bond donors (Lipinski definition) is 2. The van der Waals surface area contributed by atoms with E-state index < -0.39 is 0 Å². The van der Waals surface area contributed by atoms with Gasteiger partial charge in [-0.25, -0.2) is 0 Å². The van der Waals surface area contributed by atoms with E-state index in [9.17, 15) is 5.11 Å². The Balaban J connectivity index is 2.80. The van der Waals surface area contributed by atoms with E-state index >= 15 is 0 Å². The van der Waals surface area contributed by atoms with Crippen LogP contribution in [0.5, 0.6) is 11.5 Å². The Labute approximate surface area is 111 Å². The van der Waals surface area contributed by atoms with E-state index in [0.717, 1.165) is 5.39 Å². The summed E-state index contributed by atoms with van der Waals surface area (Å²) in [5, 5.41) is 24.3. The summed E-state index contributed by atoms with van der Waals surface area (Å²) in [5.41, 5.74) is 0.926. The van der Waals surface area contributed by atoms with Crippen LogP contribution in [0.25, 0.3) is 10.8 Å². The number of hydrogen-bond acceptors (Lipinski definition) is 4. The average Bonchev–Trinajstić information content (AvgIpc) is 2.42. The molecule has 0 bridgehead atoms. The zero-order chi connectivity index (χ0) is 14.0. The summed E-state index contributed by atoms with van der Waals surface area (Å²) in [4.78, 5) is 0. The van der Waals surface area contributed by atoms with E-state index in [0.29, 0.717) is 22.4 Å². The number of phenols is 1. The number of rotatable bonds is 3. The maximum atomic E-state index is 10.4. The first-order valence-electron chi connectivity index (χ1n) is 6.11. The van der Waals surface area contributed by atoms with Crippen molar-refractivity contribution in [2.75, 3.05) is 7.11 Å². The van der Waals surface area contributed by atoms with Crippen LogP contribution in [0, 0.1) is 5.92 Å². The lowest BCUT2D eigenvalue weighted by molar-refractivity contribution is 0.316. The number of oxime groups is 1. The highest BCUT2D eigenvalue weighted by Gasteiger charge is 2.18. The highest BCUT2D eigenvalue weighted by molar-refractivity contribution is 6.09. The van der Waals surface area contributed by atoms with Gasteiger partial charge in [0.15, 0.2) is 0 Å². The van der Waals surface area contributed by atoms with Crippen LogP contribution >= 0.6 is 0 Å². The van der Waals surface area contributed by atoms with Gasteiger partial charge in [0.2, 0.25) is 0 Å². The van der Waals surface area contributed by atoms with Gasteiger partial charge in [0.1, 0.15) is 11.5 Å². The molecule has 2 aromatic rings. The Bertz CT molecular complexity index is 633. The lowest BCUT2D eigenvalue weighted by Gasteiger charge is -2.14. The second-order valence-corrected chi connectivity index (χ2v) is 4.66. The van der Waals surface area contributed by atoms with E-state index in [1.54, 1.807) is 13.2 Å². The zero-order valence-corrected chi connectivity index (χ0v) is 11.2. The number of ether oxygens (including phenoxy) is 1. The topological polar surface area (TPSA) is 62.0 Å². The quantitative estimate of drug-likeness (QED) is 0.504. The smallest absolute Gasteiger partial charge is 0.132 e. The fourth-order valence-corrected chi connectivity index (χ4v) is 2.17. The maximum Gasteiger partial charge on any atom is 0.132 e. The van der Waals surface area contributed by atoms with Crippen molar-refractivity contribution in [1.29, 1.82) is 0 Å². The van der Waals surface area contributed by atoms with Gasteiger partial charge in [-0.05, 0) is 12.0 Å². The molecule has 19 heavy (non-hydrogen) atoms. The summed E-state index contributed by atoms with van der Waals surface area (Å²) < 4.78 is 5.35. The van der Waals surface area contributed by atoms with Crippen LogP contribution in [0.3, 0.4) is 0 Å². The third-order valence-electron chi connectivity index (χ3n) is 3.13. The van der Waals surface area contributed by atoms with Gasteiger partial charge in [-0.1, -0.05) is 43.3 Å². The largest absolute Gasteiger partial charge is 0.507 e. The first-order chi connectivity index (χ1) is 9.10. The number of nitrogens with zero attached hydrogens (tertiary/aromatic N) is 1. The van der Waals surface area contributed by atoms with E-state index in [2.05, 4.69) is 5.16 Å². The van der Waals surface area contributed by atoms with Crippen molar-refractivity contribution < 1.29 is 15.1 Å². The molecular weight excluding hydrogens is 242 g/mol. The third-order valence-corrected chi connectivity index (χ3v) is 3.13. The Hall–Kier alpha value is -2.23. The number of benzene rings is 2. The molecule has 2 N–H and O–H groups in total. The molecule has 2 rings (SSSR count). The minimum Gasteiger partial charge on any atom is -0.507 e. The molecule has 4 nitrogen and oxygen atoms in total. The number of fused-ring (bicyclic) bond motifs is 1. The lowest BCUT2D eigenvalue weighted by atomic mass is 9.95. The summed E-state index contributed by atoms with van der Waals surface area (Å²) in [6.07, 6.45) is 0. The molecule has 0 fully saturated rings. The Morgan fingerprint density at radius 2 is 1.84 bits per heavy atom. The number of methoxy groups -OCH3 is 1. The lowest BCUT2D eigenvalue weighted by Crippen LogP contribution is -2.10. The van der Waals surface area contributed by atoms with Crippen molar-refractivity contribution in [3.8, 4) is 11.5 Å². The molecule has 0 spiro atoms. The predicted molar refractivity (Wildman–Crippen MR) is 75.3 cm³/mol. The summed E-state index contributed by atoms with van der Waals surface area (Å²) in [7, 11) is 1.58. The standard InChI is InChI=1S/C15H17NO3/c1-9(2)14(16-18)12-8-13(19-3)10-6-4-5-7-11(10)15(12)17/h4-9,17-18H,1-3H3. The van der Waals surface area contributed by atoms with Gasteiger partial charge < -0.3 is 15.1 Å². The van der Waals surface area contributed by atoms with Crippen molar-refractivity contribution >= 4 is 16.5 Å². The van der Waals surface area contributed by atoms with Crippen molar-refractivity contribution in [2.45, 2.75) is 13.8 Å². The Morgan fingerprint density at radius 3 is 2.37 bits per heavy atom. The summed E-state index contributed by atoms with van der Waals surface area (Å²) >= 11 is 0. The summed E-state index contributed by atoms with van der Waals surface area (Å²) in [5.74, 6) is 0.741. The fraction of sp³-hybridized carbons (Fsp3) is 0.267. The molecule has 0 aromatic heterocycles.